The number of rotatable bonds is 4. The molecule has 3 atom stereocenters. The molecule has 2 saturated carbocycles. The summed E-state index contributed by atoms with van der Waals surface area (Å²) in [5.74, 6) is 4.14. The lowest BCUT2D eigenvalue weighted by Crippen LogP contribution is -2.04. The van der Waals surface area contributed by atoms with Crippen LogP contribution >= 0.6 is 15.9 Å². The fraction of sp³-hybridized carbons (Fsp3) is 0.700. The predicted molar refractivity (Wildman–Crippen MR) is 95.2 cm³/mol. The van der Waals surface area contributed by atoms with Gasteiger partial charge in [-0.2, -0.15) is 0 Å². The maximum Gasteiger partial charge on any atom is 0.0431 e. The smallest absolute Gasteiger partial charge is 0.0431 e. The summed E-state index contributed by atoms with van der Waals surface area (Å²) in [6, 6.07) is 7.23. The van der Waals surface area contributed by atoms with Crippen LogP contribution in [0.15, 0.2) is 18.2 Å². The van der Waals surface area contributed by atoms with Gasteiger partial charge in [-0.1, -0.05) is 74.7 Å². The van der Waals surface area contributed by atoms with Gasteiger partial charge in [0.15, 0.2) is 0 Å². The lowest BCUT2D eigenvalue weighted by Gasteiger charge is -2.20. The molecule has 0 bridgehead atoms. The van der Waals surface area contributed by atoms with Crippen LogP contribution in [0, 0.1) is 17.8 Å². The van der Waals surface area contributed by atoms with E-state index in [-0.39, 0.29) is 0 Å². The lowest BCUT2D eigenvalue weighted by atomic mass is 9.89. The van der Waals surface area contributed by atoms with Gasteiger partial charge in [-0.05, 0) is 59.1 Å². The zero-order valence-corrected chi connectivity index (χ0v) is 15.5. The summed E-state index contributed by atoms with van der Waals surface area (Å²) in [6.45, 7) is 9.26. The molecular formula is C20H29Br. The number of hydrogen-bond acceptors (Lipinski definition) is 0. The highest BCUT2D eigenvalue weighted by molar-refractivity contribution is 9.09. The Morgan fingerprint density at radius 1 is 0.905 bits per heavy atom. The van der Waals surface area contributed by atoms with Crippen LogP contribution in [0.4, 0.5) is 0 Å². The number of halogens is 1. The van der Waals surface area contributed by atoms with Crippen molar-refractivity contribution in [3.63, 3.8) is 0 Å². The van der Waals surface area contributed by atoms with E-state index in [1.807, 2.05) is 0 Å². The van der Waals surface area contributed by atoms with Crippen molar-refractivity contribution in [2.45, 2.75) is 70.0 Å². The molecule has 0 heterocycles. The molecule has 21 heavy (non-hydrogen) atoms. The monoisotopic (exact) mass is 348 g/mol. The van der Waals surface area contributed by atoms with Gasteiger partial charge >= 0.3 is 0 Å². The molecule has 1 aromatic carbocycles. The van der Waals surface area contributed by atoms with Crippen LogP contribution < -0.4 is 0 Å². The maximum atomic E-state index is 4.08. The van der Waals surface area contributed by atoms with Crippen LogP contribution in [0.2, 0.25) is 0 Å². The van der Waals surface area contributed by atoms with Crippen LogP contribution in [-0.4, -0.2) is 0 Å². The largest absolute Gasteiger partial charge is 0.0835 e. The first-order valence-electron chi connectivity index (χ1n) is 8.78. The Hall–Kier alpha value is -0.300. The first-order valence-corrected chi connectivity index (χ1v) is 9.70. The van der Waals surface area contributed by atoms with E-state index in [1.165, 1.54) is 31.2 Å². The fourth-order valence-corrected chi connectivity index (χ4v) is 5.59. The highest BCUT2D eigenvalue weighted by atomic mass is 79.9. The zero-order chi connectivity index (χ0) is 15.1. The van der Waals surface area contributed by atoms with Gasteiger partial charge in [0.2, 0.25) is 0 Å². The molecule has 116 valence electrons. The van der Waals surface area contributed by atoms with Gasteiger partial charge < -0.3 is 0 Å². The lowest BCUT2D eigenvalue weighted by molar-refractivity contribution is 0.480. The van der Waals surface area contributed by atoms with E-state index >= 15 is 0 Å². The van der Waals surface area contributed by atoms with Crippen molar-refractivity contribution in [2.24, 2.45) is 17.8 Å². The molecule has 2 fully saturated rings. The minimum Gasteiger partial charge on any atom is -0.0835 e. The molecule has 0 aliphatic heterocycles. The van der Waals surface area contributed by atoms with Crippen LogP contribution in [-0.2, 0) is 0 Å². The number of alkyl halides is 1. The van der Waals surface area contributed by atoms with Crippen molar-refractivity contribution < 1.29 is 0 Å². The minimum atomic E-state index is 0.573. The second kappa shape index (κ2) is 6.07. The summed E-state index contributed by atoms with van der Waals surface area (Å²) in [7, 11) is 0. The van der Waals surface area contributed by atoms with Gasteiger partial charge in [-0.15, -0.1) is 0 Å². The van der Waals surface area contributed by atoms with Gasteiger partial charge in [-0.25, -0.2) is 0 Å². The van der Waals surface area contributed by atoms with Crippen molar-refractivity contribution in [1.29, 1.82) is 0 Å². The van der Waals surface area contributed by atoms with Crippen molar-refractivity contribution in [3.05, 3.63) is 34.9 Å². The van der Waals surface area contributed by atoms with E-state index in [0.29, 0.717) is 16.7 Å². The summed E-state index contributed by atoms with van der Waals surface area (Å²) < 4.78 is 0. The second-order valence-corrected chi connectivity index (χ2v) is 8.78. The molecular weight excluding hydrogens is 320 g/mol. The molecule has 0 aromatic heterocycles. The molecule has 1 aromatic rings. The van der Waals surface area contributed by atoms with Gasteiger partial charge in [0.05, 0.1) is 0 Å². The average molecular weight is 349 g/mol. The summed E-state index contributed by atoms with van der Waals surface area (Å²) in [5, 5.41) is 0. The molecule has 3 rings (SSSR count). The van der Waals surface area contributed by atoms with Crippen molar-refractivity contribution in [3.8, 4) is 0 Å². The Morgan fingerprint density at radius 2 is 1.52 bits per heavy atom. The third-order valence-electron chi connectivity index (χ3n) is 5.76. The molecule has 0 radical (unpaired) electrons. The molecule has 3 unspecified atom stereocenters. The van der Waals surface area contributed by atoms with Gasteiger partial charge in [-0.3, -0.25) is 0 Å². The molecule has 2 aliphatic carbocycles. The third-order valence-corrected chi connectivity index (χ3v) is 6.86. The van der Waals surface area contributed by atoms with Crippen molar-refractivity contribution in [2.75, 3.05) is 0 Å². The molecule has 0 nitrogen and oxygen atoms in total. The first kappa shape index (κ1) is 15.6. The van der Waals surface area contributed by atoms with Crippen molar-refractivity contribution >= 4 is 15.9 Å². The quantitative estimate of drug-likeness (QED) is 0.524. The zero-order valence-electron chi connectivity index (χ0n) is 13.9. The molecule has 0 saturated heterocycles. The first-order chi connectivity index (χ1) is 10.0. The normalized spacial score (nSPS) is 29.6. The standard InChI is InChI=1S/C20H29Br/c1-12(2)14-9-10-17(18(11-14)13(3)4)20(21)19-15-7-5-6-8-16(15)19/h9-13,15-16,19-20H,5-8H2,1-4H3. The number of hydrogen-bond donors (Lipinski definition) is 0. The predicted octanol–water partition coefficient (Wildman–Crippen LogP) is 6.81. The van der Waals surface area contributed by atoms with Crippen molar-refractivity contribution in [1.82, 2.24) is 0 Å². The van der Waals surface area contributed by atoms with Crippen LogP contribution in [0.1, 0.15) is 86.7 Å². The summed E-state index contributed by atoms with van der Waals surface area (Å²) in [4.78, 5) is 0.573. The Bertz CT molecular complexity index is 491. The third kappa shape index (κ3) is 2.96. The summed E-state index contributed by atoms with van der Waals surface area (Å²) >= 11 is 4.08. The fourth-order valence-electron chi connectivity index (χ4n) is 4.39. The average Bonchev–Trinajstić information content (AvgIpc) is 3.20. The summed E-state index contributed by atoms with van der Waals surface area (Å²) in [6.07, 6.45) is 5.86. The Labute approximate surface area is 138 Å². The Kier molecular flexibility index (Phi) is 4.50. The number of fused-ring (bicyclic) bond motifs is 1. The van der Waals surface area contributed by atoms with E-state index < -0.39 is 0 Å². The van der Waals surface area contributed by atoms with E-state index in [2.05, 4.69) is 61.8 Å². The summed E-state index contributed by atoms with van der Waals surface area (Å²) in [5.41, 5.74) is 4.61. The van der Waals surface area contributed by atoms with Crippen LogP contribution in [0.3, 0.4) is 0 Å². The van der Waals surface area contributed by atoms with E-state index in [1.54, 1.807) is 11.1 Å². The topological polar surface area (TPSA) is 0 Å². The van der Waals surface area contributed by atoms with E-state index in [9.17, 15) is 0 Å². The SMILES string of the molecule is CC(C)c1ccc(C(Br)C2C3CCCCC32)c(C(C)C)c1. The van der Waals surface area contributed by atoms with Gasteiger partial charge in [0.25, 0.3) is 0 Å². The molecule has 0 amide bonds. The van der Waals surface area contributed by atoms with Crippen LogP contribution in [0.25, 0.3) is 0 Å². The Morgan fingerprint density at radius 3 is 2.05 bits per heavy atom. The van der Waals surface area contributed by atoms with Gasteiger partial charge in [0, 0.05) is 4.83 Å². The minimum absolute atomic E-state index is 0.573. The Balaban J connectivity index is 1.87. The highest BCUT2D eigenvalue weighted by Gasteiger charge is 2.53. The van der Waals surface area contributed by atoms with Gasteiger partial charge in [0.1, 0.15) is 0 Å². The highest BCUT2D eigenvalue weighted by Crippen LogP contribution is 2.63. The number of benzene rings is 1. The molecule has 1 heteroatoms. The molecule has 0 N–H and O–H groups in total. The molecule has 2 aliphatic rings. The van der Waals surface area contributed by atoms with Crippen LogP contribution in [0.5, 0.6) is 0 Å². The van der Waals surface area contributed by atoms with E-state index in [4.69, 9.17) is 0 Å². The molecule has 0 spiro atoms. The van der Waals surface area contributed by atoms with E-state index in [0.717, 1.165) is 17.8 Å². The maximum absolute atomic E-state index is 4.08. The second-order valence-electron chi connectivity index (χ2n) is 7.79.